The minimum atomic E-state index is -3.97. The van der Waals surface area contributed by atoms with Crippen molar-refractivity contribution >= 4 is 16.2 Å². The number of rotatable bonds is 7. The Bertz CT molecular complexity index is 453. The fourth-order valence-corrected chi connectivity index (χ4v) is 3.35. The van der Waals surface area contributed by atoms with Crippen LogP contribution in [0, 0.1) is 11.8 Å². The molecule has 2 aliphatic rings. The van der Waals surface area contributed by atoms with Gasteiger partial charge >= 0.3 is 10.3 Å². The second-order valence-corrected chi connectivity index (χ2v) is 6.46. The molecular formula is C12H19NO4S. The van der Waals surface area contributed by atoms with E-state index in [1.54, 1.807) is 6.08 Å². The summed E-state index contributed by atoms with van der Waals surface area (Å²) in [5.41, 5.74) is -0.553. The average molecular weight is 273 g/mol. The van der Waals surface area contributed by atoms with Crippen LogP contribution >= 0.6 is 0 Å². The maximum atomic E-state index is 11.7. The van der Waals surface area contributed by atoms with E-state index in [-0.39, 0.29) is 11.8 Å². The lowest BCUT2D eigenvalue weighted by Gasteiger charge is -2.15. The van der Waals surface area contributed by atoms with Crippen molar-refractivity contribution in [1.82, 2.24) is 4.72 Å². The molecule has 102 valence electrons. The Morgan fingerprint density at radius 1 is 1.56 bits per heavy atom. The van der Waals surface area contributed by atoms with Gasteiger partial charge in [-0.05, 0) is 31.6 Å². The van der Waals surface area contributed by atoms with Crippen molar-refractivity contribution in [1.29, 1.82) is 0 Å². The van der Waals surface area contributed by atoms with Gasteiger partial charge in [-0.3, -0.25) is 4.79 Å². The van der Waals surface area contributed by atoms with Gasteiger partial charge in [0.1, 0.15) is 0 Å². The second kappa shape index (κ2) is 4.66. The summed E-state index contributed by atoms with van der Waals surface area (Å²) in [4.78, 5) is 11.6. The average Bonchev–Trinajstić information content (AvgIpc) is 3.12. The van der Waals surface area contributed by atoms with E-state index in [0.717, 1.165) is 19.3 Å². The van der Waals surface area contributed by atoms with E-state index < -0.39 is 21.8 Å². The highest BCUT2D eigenvalue weighted by molar-refractivity contribution is 7.85. The van der Waals surface area contributed by atoms with Gasteiger partial charge in [-0.15, -0.1) is 6.58 Å². The zero-order valence-corrected chi connectivity index (χ0v) is 11.3. The van der Waals surface area contributed by atoms with E-state index in [1.807, 2.05) is 11.6 Å². The summed E-state index contributed by atoms with van der Waals surface area (Å²) in [6.45, 7) is 5.56. The smallest absolute Gasteiger partial charge is 0.274 e. The highest BCUT2D eigenvalue weighted by atomic mass is 32.2. The summed E-state index contributed by atoms with van der Waals surface area (Å²) in [6, 6.07) is 0. The highest BCUT2D eigenvalue weighted by Crippen LogP contribution is 2.45. The molecule has 1 N–H and O–H groups in total. The van der Waals surface area contributed by atoms with Crippen LogP contribution in [0.15, 0.2) is 12.7 Å². The molecule has 0 aliphatic heterocycles. The van der Waals surface area contributed by atoms with E-state index in [9.17, 15) is 13.2 Å². The van der Waals surface area contributed by atoms with Crippen LogP contribution in [-0.4, -0.2) is 19.9 Å². The van der Waals surface area contributed by atoms with Crippen LogP contribution in [0.25, 0.3) is 0 Å². The Hall–Kier alpha value is -0.880. The van der Waals surface area contributed by atoms with Gasteiger partial charge in [0.05, 0.1) is 5.60 Å². The van der Waals surface area contributed by atoms with Gasteiger partial charge in [0.15, 0.2) is 0 Å². The van der Waals surface area contributed by atoms with Crippen molar-refractivity contribution in [2.75, 3.05) is 0 Å². The number of nitrogens with one attached hydrogen (secondary N) is 1. The van der Waals surface area contributed by atoms with Crippen molar-refractivity contribution < 1.29 is 17.4 Å². The molecule has 2 saturated carbocycles. The molecule has 5 nitrogen and oxygen atoms in total. The van der Waals surface area contributed by atoms with E-state index in [0.29, 0.717) is 12.8 Å². The lowest BCUT2D eigenvalue weighted by Crippen LogP contribution is -2.36. The molecular weight excluding hydrogens is 254 g/mol. The summed E-state index contributed by atoms with van der Waals surface area (Å²) >= 11 is 0. The van der Waals surface area contributed by atoms with Crippen molar-refractivity contribution in [3.8, 4) is 0 Å². The van der Waals surface area contributed by atoms with Gasteiger partial charge in [-0.2, -0.15) is 8.42 Å². The molecule has 0 spiro atoms. The first kappa shape index (κ1) is 13.5. The van der Waals surface area contributed by atoms with Gasteiger partial charge in [-0.25, -0.2) is 8.91 Å². The lowest BCUT2D eigenvalue weighted by atomic mass is 10.2. The second-order valence-electron chi connectivity index (χ2n) is 5.18. The molecule has 0 bridgehead atoms. The topological polar surface area (TPSA) is 72.5 Å². The predicted octanol–water partition coefficient (Wildman–Crippen LogP) is 1.52. The molecule has 0 aromatic rings. The Balaban J connectivity index is 1.88. The monoisotopic (exact) mass is 273 g/mol. The third kappa shape index (κ3) is 3.11. The van der Waals surface area contributed by atoms with Gasteiger partial charge in [0.25, 0.3) is 0 Å². The number of amides is 1. The third-order valence-electron chi connectivity index (χ3n) is 3.50. The first-order chi connectivity index (χ1) is 8.41. The van der Waals surface area contributed by atoms with Crippen LogP contribution in [0.3, 0.4) is 0 Å². The van der Waals surface area contributed by atoms with Crippen LogP contribution in [-0.2, 0) is 19.3 Å². The van der Waals surface area contributed by atoms with Gasteiger partial charge in [0, 0.05) is 5.92 Å². The van der Waals surface area contributed by atoms with E-state index in [4.69, 9.17) is 4.18 Å². The van der Waals surface area contributed by atoms with Crippen LogP contribution in [0.4, 0.5) is 0 Å². The molecule has 2 aliphatic carbocycles. The molecule has 18 heavy (non-hydrogen) atoms. The summed E-state index contributed by atoms with van der Waals surface area (Å²) in [7, 11) is -3.97. The Labute approximate surface area is 108 Å². The normalized spacial score (nSPS) is 28.5. The highest BCUT2D eigenvalue weighted by Gasteiger charge is 2.48. The first-order valence-electron chi connectivity index (χ1n) is 6.31. The van der Waals surface area contributed by atoms with Gasteiger partial charge < -0.3 is 0 Å². The van der Waals surface area contributed by atoms with E-state index in [1.165, 1.54) is 0 Å². The van der Waals surface area contributed by atoms with E-state index in [2.05, 4.69) is 6.58 Å². The number of hydrogen-bond acceptors (Lipinski definition) is 4. The lowest BCUT2D eigenvalue weighted by molar-refractivity contribution is -0.120. The number of carbonyl (C=O) groups is 1. The molecule has 0 radical (unpaired) electrons. The summed E-state index contributed by atoms with van der Waals surface area (Å²) in [5, 5.41) is 0. The molecule has 2 rings (SSSR count). The van der Waals surface area contributed by atoms with Gasteiger partial charge in [-0.1, -0.05) is 19.4 Å². The van der Waals surface area contributed by atoms with Crippen LogP contribution in [0.5, 0.6) is 0 Å². The quantitative estimate of drug-likeness (QED) is 0.714. The largest absolute Gasteiger partial charge is 0.362 e. The zero-order valence-electron chi connectivity index (χ0n) is 10.5. The van der Waals surface area contributed by atoms with E-state index >= 15 is 0 Å². The fourth-order valence-electron chi connectivity index (χ4n) is 2.20. The molecule has 0 aromatic heterocycles. The molecule has 1 amide bonds. The number of hydrogen-bond donors (Lipinski definition) is 1. The maximum Gasteiger partial charge on any atom is 0.362 e. The fraction of sp³-hybridized carbons (Fsp3) is 0.750. The molecule has 2 atom stereocenters. The number of carbonyl (C=O) groups excluding carboxylic acids is 1. The molecule has 0 heterocycles. The molecule has 2 fully saturated rings. The minimum Gasteiger partial charge on any atom is -0.274 e. The summed E-state index contributed by atoms with van der Waals surface area (Å²) in [5.74, 6) is -0.639. The van der Waals surface area contributed by atoms with Crippen LogP contribution in [0.2, 0.25) is 0 Å². The van der Waals surface area contributed by atoms with Crippen LogP contribution in [0.1, 0.15) is 39.0 Å². The van der Waals surface area contributed by atoms with Crippen molar-refractivity contribution in [3.05, 3.63) is 12.7 Å². The summed E-state index contributed by atoms with van der Waals surface area (Å²) in [6.07, 6.45) is 5.41. The third-order valence-corrected chi connectivity index (χ3v) is 4.53. The zero-order chi connectivity index (χ0) is 13.4. The van der Waals surface area contributed by atoms with Crippen molar-refractivity contribution in [2.45, 2.75) is 44.6 Å². The molecule has 0 saturated heterocycles. The molecule has 0 aromatic carbocycles. The number of allylic oxidation sites excluding steroid dienone is 1. The molecule has 6 heteroatoms. The Morgan fingerprint density at radius 2 is 2.22 bits per heavy atom. The Kier molecular flexibility index (Phi) is 3.51. The summed E-state index contributed by atoms with van der Waals surface area (Å²) < 4.78 is 30.5. The van der Waals surface area contributed by atoms with Gasteiger partial charge in [0.2, 0.25) is 5.91 Å². The standard InChI is InChI=1S/C12H19NO4S/c1-3-5-12(6-7-12)17-18(15,16)13-11(14)10-8-9(10)4-2/h4,9-10H,2-3,5-8H2,1H3,(H,13,14)/t9-,10+/m1/s1. The Morgan fingerprint density at radius 3 is 2.67 bits per heavy atom. The van der Waals surface area contributed by atoms with Crippen molar-refractivity contribution in [2.24, 2.45) is 11.8 Å². The minimum absolute atomic E-state index is 0.103. The van der Waals surface area contributed by atoms with Crippen molar-refractivity contribution in [3.63, 3.8) is 0 Å². The predicted molar refractivity (Wildman–Crippen MR) is 66.8 cm³/mol. The molecule has 0 unspecified atom stereocenters. The van der Waals surface area contributed by atoms with Crippen LogP contribution < -0.4 is 4.72 Å². The SMILES string of the molecule is C=C[C@@H]1C[C@@H]1C(=O)NS(=O)(=O)OC1(CCC)CC1. The first-order valence-corrected chi connectivity index (χ1v) is 7.72. The maximum absolute atomic E-state index is 11.7.